The molecule has 1 aliphatic heterocycles. The van der Waals surface area contributed by atoms with Crippen LogP contribution >= 0.6 is 24.8 Å². The van der Waals surface area contributed by atoms with Crippen molar-refractivity contribution in [2.75, 3.05) is 23.3 Å². The molecule has 0 bridgehead atoms. The fraction of sp³-hybridized carbons (Fsp3) is 0.421. The van der Waals surface area contributed by atoms with Crippen LogP contribution in [0.15, 0.2) is 24.4 Å². The number of piperidine rings is 1. The third kappa shape index (κ3) is 5.02. The first kappa shape index (κ1) is 23.0. The minimum Gasteiger partial charge on any atom is -0.478 e. The molecule has 1 aliphatic rings. The van der Waals surface area contributed by atoms with Crippen LogP contribution in [0.4, 0.5) is 11.5 Å². The van der Waals surface area contributed by atoms with Crippen LogP contribution in [0.2, 0.25) is 0 Å². The van der Waals surface area contributed by atoms with Gasteiger partial charge in [-0.05, 0) is 62.4 Å². The molecule has 0 spiro atoms. The van der Waals surface area contributed by atoms with Gasteiger partial charge in [-0.25, -0.2) is 4.79 Å². The SMILES string of the molecule is Cc1cc(C)c(C(=O)O)c(C)c1NC1CCN(c2cccnn2)CC1.Cl.Cl. The van der Waals surface area contributed by atoms with Gasteiger partial charge in [0.05, 0.1) is 5.56 Å². The molecule has 1 fully saturated rings. The average Bonchev–Trinajstić information content (AvgIpc) is 2.59. The van der Waals surface area contributed by atoms with E-state index in [9.17, 15) is 9.90 Å². The molecule has 6 nitrogen and oxygen atoms in total. The summed E-state index contributed by atoms with van der Waals surface area (Å²) in [5.41, 5.74) is 4.09. The van der Waals surface area contributed by atoms with Gasteiger partial charge in [-0.3, -0.25) is 0 Å². The maximum Gasteiger partial charge on any atom is 0.336 e. The van der Waals surface area contributed by atoms with Gasteiger partial charge in [0.15, 0.2) is 5.82 Å². The molecule has 0 saturated carbocycles. The Hall–Kier alpha value is -2.05. The van der Waals surface area contributed by atoms with Crippen LogP contribution in [0, 0.1) is 20.8 Å². The van der Waals surface area contributed by atoms with Crippen LogP contribution in [0.25, 0.3) is 0 Å². The number of benzene rings is 1. The van der Waals surface area contributed by atoms with Gasteiger partial charge in [0.1, 0.15) is 0 Å². The summed E-state index contributed by atoms with van der Waals surface area (Å²) in [4.78, 5) is 13.8. The molecule has 0 amide bonds. The van der Waals surface area contributed by atoms with E-state index in [4.69, 9.17) is 0 Å². The molecule has 2 heterocycles. The smallest absolute Gasteiger partial charge is 0.336 e. The molecular formula is C19H26Cl2N4O2. The van der Waals surface area contributed by atoms with Crippen molar-refractivity contribution in [1.29, 1.82) is 0 Å². The number of rotatable bonds is 4. The first-order valence-electron chi connectivity index (χ1n) is 8.60. The maximum absolute atomic E-state index is 11.6. The minimum absolute atomic E-state index is 0. The topological polar surface area (TPSA) is 78.4 Å². The van der Waals surface area contributed by atoms with Crippen molar-refractivity contribution in [2.45, 2.75) is 39.7 Å². The van der Waals surface area contributed by atoms with Gasteiger partial charge < -0.3 is 15.3 Å². The Morgan fingerprint density at radius 3 is 2.41 bits per heavy atom. The van der Waals surface area contributed by atoms with Gasteiger partial charge in [0.2, 0.25) is 0 Å². The summed E-state index contributed by atoms with van der Waals surface area (Å²) >= 11 is 0. The van der Waals surface area contributed by atoms with E-state index in [0.29, 0.717) is 11.6 Å². The van der Waals surface area contributed by atoms with Gasteiger partial charge >= 0.3 is 5.97 Å². The summed E-state index contributed by atoms with van der Waals surface area (Å²) in [5.74, 6) is 0.0485. The molecule has 2 N–H and O–H groups in total. The molecule has 148 valence electrons. The number of nitrogens with one attached hydrogen (secondary N) is 1. The van der Waals surface area contributed by atoms with E-state index in [1.54, 1.807) is 6.20 Å². The first-order valence-corrected chi connectivity index (χ1v) is 8.60. The van der Waals surface area contributed by atoms with Crippen LogP contribution in [0.1, 0.15) is 39.9 Å². The third-order valence-electron chi connectivity index (χ3n) is 4.91. The Morgan fingerprint density at radius 2 is 1.85 bits per heavy atom. The quantitative estimate of drug-likeness (QED) is 0.788. The largest absolute Gasteiger partial charge is 0.478 e. The molecule has 27 heavy (non-hydrogen) atoms. The molecule has 1 saturated heterocycles. The molecule has 0 atom stereocenters. The van der Waals surface area contributed by atoms with E-state index >= 15 is 0 Å². The molecule has 0 aliphatic carbocycles. The minimum atomic E-state index is -0.865. The number of halogens is 2. The van der Waals surface area contributed by atoms with Crippen molar-refractivity contribution in [3.05, 3.63) is 46.6 Å². The van der Waals surface area contributed by atoms with Gasteiger partial charge in [0, 0.05) is 31.0 Å². The first-order chi connectivity index (χ1) is 12.0. The van der Waals surface area contributed by atoms with Gasteiger partial charge in [-0.15, -0.1) is 29.9 Å². The zero-order valence-corrected chi connectivity index (χ0v) is 17.4. The van der Waals surface area contributed by atoms with Crippen molar-refractivity contribution in [3.63, 3.8) is 0 Å². The molecular weight excluding hydrogens is 387 g/mol. The second-order valence-corrected chi connectivity index (χ2v) is 6.68. The fourth-order valence-electron chi connectivity index (χ4n) is 3.66. The highest BCUT2D eigenvalue weighted by atomic mass is 35.5. The molecule has 0 radical (unpaired) electrons. The summed E-state index contributed by atoms with van der Waals surface area (Å²) in [7, 11) is 0. The summed E-state index contributed by atoms with van der Waals surface area (Å²) in [6, 6.07) is 6.16. The van der Waals surface area contributed by atoms with E-state index in [1.807, 2.05) is 39.0 Å². The van der Waals surface area contributed by atoms with E-state index in [0.717, 1.165) is 54.1 Å². The third-order valence-corrected chi connectivity index (χ3v) is 4.91. The van der Waals surface area contributed by atoms with Crippen LogP contribution in [0.5, 0.6) is 0 Å². The van der Waals surface area contributed by atoms with Crippen LogP contribution in [0.3, 0.4) is 0 Å². The number of carboxylic acids is 1. The van der Waals surface area contributed by atoms with Crippen molar-refractivity contribution < 1.29 is 9.90 Å². The monoisotopic (exact) mass is 412 g/mol. The lowest BCUT2D eigenvalue weighted by molar-refractivity contribution is 0.0695. The van der Waals surface area contributed by atoms with Crippen molar-refractivity contribution in [3.8, 4) is 0 Å². The standard InChI is InChI=1S/C19H24N4O2.2ClH/c1-12-11-13(2)18(14(3)17(12)19(24)25)21-15-6-9-23(10-7-15)16-5-4-8-20-22-16;;/h4-5,8,11,15,21H,6-7,9-10H2,1-3H3,(H,24,25);2*1H. The highest BCUT2D eigenvalue weighted by Gasteiger charge is 2.23. The number of anilines is 2. The van der Waals surface area contributed by atoms with Crippen LogP contribution in [-0.4, -0.2) is 40.4 Å². The number of hydrogen-bond acceptors (Lipinski definition) is 5. The van der Waals surface area contributed by atoms with Gasteiger partial charge in [-0.1, -0.05) is 6.07 Å². The van der Waals surface area contributed by atoms with Crippen molar-refractivity contribution in [2.24, 2.45) is 0 Å². The number of carbonyl (C=O) groups is 1. The van der Waals surface area contributed by atoms with Crippen molar-refractivity contribution >= 4 is 42.3 Å². The zero-order chi connectivity index (χ0) is 18.0. The lowest BCUT2D eigenvalue weighted by atomic mass is 9.95. The maximum atomic E-state index is 11.6. The normalized spacial score (nSPS) is 14.1. The molecule has 3 rings (SSSR count). The lowest BCUT2D eigenvalue weighted by Gasteiger charge is -2.34. The van der Waals surface area contributed by atoms with Crippen molar-refractivity contribution in [1.82, 2.24) is 10.2 Å². The van der Waals surface area contributed by atoms with E-state index in [-0.39, 0.29) is 24.8 Å². The zero-order valence-electron chi connectivity index (χ0n) is 15.7. The van der Waals surface area contributed by atoms with Crippen LogP contribution in [-0.2, 0) is 0 Å². The molecule has 2 aromatic rings. The summed E-state index contributed by atoms with van der Waals surface area (Å²) in [6.07, 6.45) is 3.64. The Morgan fingerprint density at radius 1 is 1.19 bits per heavy atom. The Kier molecular flexibility index (Phi) is 8.31. The van der Waals surface area contributed by atoms with Gasteiger partial charge in [0.25, 0.3) is 0 Å². The molecule has 1 aromatic carbocycles. The number of carboxylic acid groups (broad SMARTS) is 1. The fourth-order valence-corrected chi connectivity index (χ4v) is 3.66. The molecule has 8 heteroatoms. The summed E-state index contributed by atoms with van der Waals surface area (Å²) in [6.45, 7) is 7.59. The van der Waals surface area contributed by atoms with Crippen LogP contribution < -0.4 is 10.2 Å². The number of hydrogen-bond donors (Lipinski definition) is 2. The number of aromatic carboxylic acids is 1. The highest BCUT2D eigenvalue weighted by molar-refractivity contribution is 5.93. The second-order valence-electron chi connectivity index (χ2n) is 6.68. The Labute approximate surface area is 172 Å². The van der Waals surface area contributed by atoms with E-state index < -0.39 is 5.97 Å². The Bertz CT molecular complexity index is 779. The highest BCUT2D eigenvalue weighted by Crippen LogP contribution is 2.29. The Balaban J connectivity index is 0.00000182. The number of aromatic nitrogens is 2. The van der Waals surface area contributed by atoms with Gasteiger partial charge in [-0.2, -0.15) is 5.10 Å². The molecule has 1 aromatic heterocycles. The predicted molar refractivity (Wildman–Crippen MR) is 113 cm³/mol. The van der Waals surface area contributed by atoms with E-state index in [1.165, 1.54) is 0 Å². The summed E-state index contributed by atoms with van der Waals surface area (Å²) in [5, 5.41) is 21.2. The number of aryl methyl sites for hydroxylation is 2. The molecule has 0 unspecified atom stereocenters. The average molecular weight is 413 g/mol. The van der Waals surface area contributed by atoms with E-state index in [2.05, 4.69) is 20.4 Å². The second kappa shape index (κ2) is 9.76. The lowest BCUT2D eigenvalue weighted by Crippen LogP contribution is -2.39. The number of nitrogens with zero attached hydrogens (tertiary/aromatic N) is 3. The summed E-state index contributed by atoms with van der Waals surface area (Å²) < 4.78 is 0. The predicted octanol–water partition coefficient (Wildman–Crippen LogP) is 4.02.